The lowest BCUT2D eigenvalue weighted by molar-refractivity contribution is 0.0685. The first-order chi connectivity index (χ1) is 9.54. The van der Waals surface area contributed by atoms with Crippen molar-refractivity contribution in [3.05, 3.63) is 35.1 Å². The van der Waals surface area contributed by atoms with Gasteiger partial charge in [0.1, 0.15) is 23.0 Å². The molecule has 0 N–H and O–H groups in total. The molecule has 2 nitrogen and oxygen atoms in total. The maximum absolute atomic E-state index is 13.7. The van der Waals surface area contributed by atoms with Gasteiger partial charge in [-0.25, -0.2) is 13.2 Å². The van der Waals surface area contributed by atoms with Crippen LogP contribution in [0.3, 0.4) is 0 Å². The van der Waals surface area contributed by atoms with Crippen molar-refractivity contribution in [1.29, 1.82) is 0 Å². The summed E-state index contributed by atoms with van der Waals surface area (Å²) in [6.07, 6.45) is 3.55. The average molecular weight is 306 g/mol. The number of carbonyl (C=O) groups is 1. The van der Waals surface area contributed by atoms with E-state index in [4.69, 9.17) is 11.6 Å². The molecule has 6 heteroatoms. The molecule has 0 radical (unpaired) electrons. The molecule has 0 aromatic heterocycles. The van der Waals surface area contributed by atoms with Gasteiger partial charge in [0.2, 0.25) is 0 Å². The van der Waals surface area contributed by atoms with Gasteiger partial charge in [0.05, 0.1) is 0 Å². The number of carbonyl (C=O) groups excluding carboxylic acids is 1. The fourth-order valence-corrected chi connectivity index (χ4v) is 2.83. The third kappa shape index (κ3) is 3.08. The van der Waals surface area contributed by atoms with Gasteiger partial charge in [0, 0.05) is 30.6 Å². The number of benzene rings is 1. The quantitative estimate of drug-likeness (QED) is 0.776. The van der Waals surface area contributed by atoms with Crippen LogP contribution in [-0.2, 0) is 0 Å². The summed E-state index contributed by atoms with van der Waals surface area (Å²) in [4.78, 5) is 13.7. The predicted octanol–water partition coefficient (Wildman–Crippen LogP) is 3.73. The van der Waals surface area contributed by atoms with E-state index in [0.29, 0.717) is 12.1 Å². The summed E-state index contributed by atoms with van der Waals surface area (Å²) in [5.74, 6) is -3.96. The van der Waals surface area contributed by atoms with Crippen molar-refractivity contribution in [3.8, 4) is 0 Å². The third-order valence-corrected chi connectivity index (χ3v) is 3.74. The maximum Gasteiger partial charge on any atom is 0.260 e. The van der Waals surface area contributed by atoms with Crippen LogP contribution in [0.25, 0.3) is 0 Å². The number of halogens is 4. The summed E-state index contributed by atoms with van der Waals surface area (Å²) in [5, 5.41) is 0. The molecule has 1 saturated carbocycles. The minimum atomic E-state index is -1.18. The summed E-state index contributed by atoms with van der Waals surface area (Å²) >= 11 is 5.67. The monoisotopic (exact) mass is 305 g/mol. The lowest BCUT2D eigenvalue weighted by atomic mass is 10.1. The molecule has 1 aromatic rings. The summed E-state index contributed by atoms with van der Waals surface area (Å²) < 4.78 is 40.3. The lowest BCUT2D eigenvalue weighted by Crippen LogP contribution is -2.41. The van der Waals surface area contributed by atoms with Crippen LogP contribution in [0.15, 0.2) is 12.1 Å². The Morgan fingerprint density at radius 1 is 1.20 bits per heavy atom. The zero-order valence-electron chi connectivity index (χ0n) is 10.8. The van der Waals surface area contributed by atoms with Gasteiger partial charge in [-0.05, 0) is 12.8 Å². The highest BCUT2D eigenvalue weighted by molar-refractivity contribution is 6.18. The smallest absolute Gasteiger partial charge is 0.260 e. The van der Waals surface area contributed by atoms with E-state index in [9.17, 15) is 18.0 Å². The molecule has 0 heterocycles. The summed E-state index contributed by atoms with van der Waals surface area (Å²) in [6.45, 7) is 0.224. The van der Waals surface area contributed by atoms with Crippen LogP contribution in [0, 0.1) is 17.5 Å². The number of rotatable bonds is 4. The van der Waals surface area contributed by atoms with E-state index >= 15 is 0 Å². The van der Waals surface area contributed by atoms with E-state index in [-0.39, 0.29) is 18.5 Å². The molecule has 20 heavy (non-hydrogen) atoms. The van der Waals surface area contributed by atoms with Gasteiger partial charge in [-0.15, -0.1) is 11.6 Å². The Morgan fingerprint density at radius 2 is 1.75 bits per heavy atom. The van der Waals surface area contributed by atoms with Crippen molar-refractivity contribution in [2.75, 3.05) is 12.4 Å². The van der Waals surface area contributed by atoms with Crippen LogP contribution in [0.4, 0.5) is 13.2 Å². The first kappa shape index (κ1) is 15.2. The number of hydrogen-bond acceptors (Lipinski definition) is 1. The Labute approximate surface area is 120 Å². The first-order valence-corrected chi connectivity index (χ1v) is 7.09. The second-order valence-corrected chi connectivity index (χ2v) is 5.25. The van der Waals surface area contributed by atoms with Crippen LogP contribution in [0.5, 0.6) is 0 Å². The lowest BCUT2D eigenvalue weighted by Gasteiger charge is -2.28. The first-order valence-electron chi connectivity index (χ1n) is 6.56. The number of hydrogen-bond donors (Lipinski definition) is 0. The molecule has 110 valence electrons. The minimum absolute atomic E-state index is 0.0508. The van der Waals surface area contributed by atoms with E-state index in [1.165, 1.54) is 4.90 Å². The zero-order chi connectivity index (χ0) is 14.7. The average Bonchev–Trinajstić information content (AvgIpc) is 2.87. The van der Waals surface area contributed by atoms with Gasteiger partial charge in [-0.3, -0.25) is 4.79 Å². The van der Waals surface area contributed by atoms with Crippen molar-refractivity contribution in [3.63, 3.8) is 0 Å². The SMILES string of the molecule is O=C(c1c(F)cc(F)cc1F)N(CCCl)C1CCCC1. The highest BCUT2D eigenvalue weighted by Gasteiger charge is 2.30. The fourth-order valence-electron chi connectivity index (χ4n) is 2.65. The van der Waals surface area contributed by atoms with Gasteiger partial charge in [-0.2, -0.15) is 0 Å². The molecular formula is C14H15ClF3NO. The topological polar surface area (TPSA) is 20.3 Å². The van der Waals surface area contributed by atoms with Crippen molar-refractivity contribution >= 4 is 17.5 Å². The number of amides is 1. The molecule has 0 unspecified atom stereocenters. The molecule has 0 atom stereocenters. The highest BCUT2D eigenvalue weighted by Crippen LogP contribution is 2.26. The molecule has 1 aromatic carbocycles. The normalized spacial score (nSPS) is 15.6. The van der Waals surface area contributed by atoms with E-state index in [1.807, 2.05) is 0 Å². The van der Waals surface area contributed by atoms with Gasteiger partial charge in [0.25, 0.3) is 5.91 Å². The van der Waals surface area contributed by atoms with Crippen molar-refractivity contribution in [2.45, 2.75) is 31.7 Å². The Balaban J connectivity index is 2.31. The van der Waals surface area contributed by atoms with Gasteiger partial charge < -0.3 is 4.90 Å². The molecule has 0 aliphatic heterocycles. The van der Waals surface area contributed by atoms with Crippen LogP contribution in [0.1, 0.15) is 36.0 Å². The van der Waals surface area contributed by atoms with Crippen molar-refractivity contribution in [2.24, 2.45) is 0 Å². The standard InChI is InChI=1S/C14H15ClF3NO/c15-5-6-19(10-3-1-2-4-10)14(20)13-11(17)7-9(16)8-12(13)18/h7-8,10H,1-6H2. The van der Waals surface area contributed by atoms with Gasteiger partial charge in [-0.1, -0.05) is 12.8 Å². The molecule has 1 amide bonds. The molecule has 1 aliphatic carbocycles. The van der Waals surface area contributed by atoms with Gasteiger partial charge in [0.15, 0.2) is 0 Å². The molecule has 0 saturated heterocycles. The zero-order valence-corrected chi connectivity index (χ0v) is 11.6. The Hall–Kier alpha value is -1.23. The maximum atomic E-state index is 13.7. The second kappa shape index (κ2) is 6.48. The molecule has 0 spiro atoms. The summed E-state index contributed by atoms with van der Waals surface area (Å²) in [5.41, 5.74) is -0.705. The Kier molecular flexibility index (Phi) is 4.91. The van der Waals surface area contributed by atoms with Crippen LogP contribution < -0.4 is 0 Å². The largest absolute Gasteiger partial charge is 0.334 e. The fraction of sp³-hybridized carbons (Fsp3) is 0.500. The number of alkyl halides is 1. The highest BCUT2D eigenvalue weighted by atomic mass is 35.5. The second-order valence-electron chi connectivity index (χ2n) is 4.87. The third-order valence-electron chi connectivity index (χ3n) is 3.57. The molecule has 1 aliphatic rings. The number of nitrogens with zero attached hydrogens (tertiary/aromatic N) is 1. The molecule has 2 rings (SSSR count). The summed E-state index contributed by atoms with van der Waals surface area (Å²) in [7, 11) is 0. The Bertz CT molecular complexity index is 480. The predicted molar refractivity (Wildman–Crippen MR) is 70.3 cm³/mol. The van der Waals surface area contributed by atoms with Crippen LogP contribution in [-0.4, -0.2) is 29.3 Å². The van der Waals surface area contributed by atoms with E-state index < -0.39 is 28.9 Å². The Morgan fingerprint density at radius 3 is 2.25 bits per heavy atom. The van der Waals surface area contributed by atoms with Crippen molar-refractivity contribution in [1.82, 2.24) is 4.90 Å². The van der Waals surface area contributed by atoms with Gasteiger partial charge >= 0.3 is 0 Å². The van der Waals surface area contributed by atoms with Crippen LogP contribution >= 0.6 is 11.6 Å². The summed E-state index contributed by atoms with van der Waals surface area (Å²) in [6, 6.07) is 0.985. The molecule has 1 fully saturated rings. The van der Waals surface area contributed by atoms with E-state index in [1.54, 1.807) is 0 Å². The molecule has 0 bridgehead atoms. The van der Waals surface area contributed by atoms with Crippen molar-refractivity contribution < 1.29 is 18.0 Å². The van der Waals surface area contributed by atoms with Crippen LogP contribution in [0.2, 0.25) is 0 Å². The van der Waals surface area contributed by atoms with E-state index in [0.717, 1.165) is 25.7 Å². The van der Waals surface area contributed by atoms with E-state index in [2.05, 4.69) is 0 Å². The minimum Gasteiger partial charge on any atom is -0.334 e. The molecular weight excluding hydrogens is 291 g/mol.